The lowest BCUT2D eigenvalue weighted by Crippen LogP contribution is -2.53. The second-order valence-electron chi connectivity index (χ2n) is 6.54. The minimum absolute atomic E-state index is 0.0276. The number of amides is 1. The largest absolute Gasteiger partial charge is 0.502 e. The zero-order valence-electron chi connectivity index (χ0n) is 15.2. The highest BCUT2D eigenvalue weighted by Gasteiger charge is 2.35. The van der Waals surface area contributed by atoms with Crippen LogP contribution in [0.15, 0.2) is 44.4 Å². The topological polar surface area (TPSA) is 142 Å². The van der Waals surface area contributed by atoms with Gasteiger partial charge in [0.15, 0.2) is 11.4 Å². The van der Waals surface area contributed by atoms with E-state index in [1.54, 1.807) is 30.1 Å². The van der Waals surface area contributed by atoms with Gasteiger partial charge in [0.05, 0.1) is 19.4 Å². The summed E-state index contributed by atoms with van der Waals surface area (Å²) in [4.78, 5) is 38.0. The Morgan fingerprint density at radius 1 is 1.31 bits per heavy atom. The van der Waals surface area contributed by atoms with Gasteiger partial charge in [-0.3, -0.25) is 19.3 Å². The number of hydrogen-bond donors (Lipinski definition) is 2. The van der Waals surface area contributed by atoms with Crippen molar-refractivity contribution in [3.8, 4) is 5.75 Å². The lowest BCUT2D eigenvalue weighted by atomic mass is 10.2. The predicted molar refractivity (Wildman–Crippen MR) is 95.9 cm³/mol. The zero-order chi connectivity index (χ0) is 20.7. The third kappa shape index (κ3) is 3.22. The Bertz CT molecular complexity index is 1150. The number of nitrogens with zero attached hydrogens (tertiary/aromatic N) is 4. The number of carbonyl (C=O) groups is 2. The summed E-state index contributed by atoms with van der Waals surface area (Å²) in [5.74, 6) is -1.99. The third-order valence-electron chi connectivity index (χ3n) is 4.47. The first-order valence-corrected chi connectivity index (χ1v) is 8.56. The number of hydrogen-bond acceptors (Lipinski definition) is 8. The number of aromatic nitrogens is 2. The molecule has 1 aliphatic rings. The summed E-state index contributed by atoms with van der Waals surface area (Å²) < 4.78 is 11.5. The monoisotopic (exact) mass is 400 g/mol. The number of carbonyl (C=O) groups excluding carboxylic acids is 1. The molecule has 0 spiro atoms. The molecule has 11 heteroatoms. The van der Waals surface area contributed by atoms with Crippen LogP contribution < -0.4 is 10.4 Å². The highest BCUT2D eigenvalue weighted by molar-refractivity contribution is 5.97. The predicted octanol–water partition coefficient (Wildman–Crippen LogP) is 0.893. The third-order valence-corrected chi connectivity index (χ3v) is 4.47. The van der Waals surface area contributed by atoms with Crippen LogP contribution in [-0.4, -0.2) is 43.5 Å². The zero-order valence-corrected chi connectivity index (χ0v) is 15.2. The summed E-state index contributed by atoms with van der Waals surface area (Å²) in [6, 6.07) is 5.05. The summed E-state index contributed by atoms with van der Waals surface area (Å²) in [6.07, 6.45) is 2.49. The lowest BCUT2D eigenvalue weighted by molar-refractivity contribution is 0.0644. The fraction of sp³-hybridized carbons (Fsp3) is 0.222. The van der Waals surface area contributed by atoms with Gasteiger partial charge in [-0.2, -0.15) is 0 Å². The number of aryl methyl sites for hydroxylation is 1. The maximum atomic E-state index is 13.0. The molecule has 29 heavy (non-hydrogen) atoms. The smallest absolute Gasteiger partial charge is 0.341 e. The van der Waals surface area contributed by atoms with Crippen LogP contribution in [-0.2, 0) is 13.1 Å². The van der Waals surface area contributed by atoms with Crippen molar-refractivity contribution in [2.75, 3.05) is 11.7 Å². The Kier molecular flexibility index (Phi) is 4.34. The quantitative estimate of drug-likeness (QED) is 0.638. The van der Waals surface area contributed by atoms with E-state index in [2.05, 4.69) is 5.16 Å². The van der Waals surface area contributed by atoms with Crippen LogP contribution in [0.4, 0.5) is 0 Å². The van der Waals surface area contributed by atoms with Crippen molar-refractivity contribution in [2.24, 2.45) is 0 Å². The normalized spacial score (nSPS) is 13.6. The van der Waals surface area contributed by atoms with Crippen molar-refractivity contribution >= 4 is 11.9 Å². The summed E-state index contributed by atoms with van der Waals surface area (Å²) >= 11 is 0. The van der Waals surface area contributed by atoms with Crippen molar-refractivity contribution in [3.05, 3.63) is 69.4 Å². The molecule has 0 bridgehead atoms. The number of rotatable bonds is 5. The summed E-state index contributed by atoms with van der Waals surface area (Å²) in [5.41, 5.74) is -1.59. The van der Waals surface area contributed by atoms with E-state index in [1.165, 1.54) is 15.8 Å². The molecular formula is C18H16N4O7. The average Bonchev–Trinajstić information content (AvgIpc) is 3.32. The molecule has 0 saturated heterocycles. The van der Waals surface area contributed by atoms with E-state index in [1.807, 2.05) is 0 Å². The number of furan rings is 1. The average molecular weight is 400 g/mol. The number of fused-ring (bicyclic) bond motifs is 1. The summed E-state index contributed by atoms with van der Waals surface area (Å²) in [5, 5.41) is 25.1. The van der Waals surface area contributed by atoms with Gasteiger partial charge in [-0.1, -0.05) is 5.16 Å². The molecule has 0 fully saturated rings. The fourth-order valence-corrected chi connectivity index (χ4v) is 3.16. The highest BCUT2D eigenvalue weighted by atomic mass is 16.5. The van der Waals surface area contributed by atoms with Crippen molar-refractivity contribution in [1.82, 2.24) is 14.7 Å². The van der Waals surface area contributed by atoms with Crippen LogP contribution in [0.2, 0.25) is 0 Å². The van der Waals surface area contributed by atoms with E-state index in [4.69, 9.17) is 8.94 Å². The highest BCUT2D eigenvalue weighted by Crippen LogP contribution is 2.24. The van der Waals surface area contributed by atoms with Crippen LogP contribution in [0.1, 0.15) is 38.1 Å². The van der Waals surface area contributed by atoms with Crippen molar-refractivity contribution in [1.29, 1.82) is 0 Å². The molecular weight excluding hydrogens is 384 g/mol. The van der Waals surface area contributed by atoms with Gasteiger partial charge in [-0.05, 0) is 19.1 Å². The lowest BCUT2D eigenvalue weighted by Gasteiger charge is -2.39. The number of carboxylic acid groups (broad SMARTS) is 1. The Hall–Kier alpha value is -4.02. The molecule has 0 saturated carbocycles. The van der Waals surface area contributed by atoms with E-state index < -0.39 is 28.6 Å². The molecule has 150 valence electrons. The van der Waals surface area contributed by atoms with E-state index in [9.17, 15) is 24.6 Å². The van der Waals surface area contributed by atoms with Crippen LogP contribution in [0.3, 0.4) is 0 Å². The molecule has 1 amide bonds. The maximum Gasteiger partial charge on any atom is 0.341 e. The van der Waals surface area contributed by atoms with Crippen LogP contribution in [0.25, 0.3) is 0 Å². The van der Waals surface area contributed by atoms with E-state index in [0.717, 1.165) is 6.20 Å². The molecule has 3 aromatic rings. The Balaban J connectivity index is 1.81. The minimum Gasteiger partial charge on any atom is -0.502 e. The van der Waals surface area contributed by atoms with Gasteiger partial charge in [0, 0.05) is 12.3 Å². The number of carboxylic acids is 1. The fourth-order valence-electron chi connectivity index (χ4n) is 3.16. The molecule has 3 aromatic heterocycles. The second-order valence-corrected chi connectivity index (χ2v) is 6.54. The number of aromatic carboxylic acids is 1. The minimum atomic E-state index is -1.51. The molecule has 1 aliphatic heterocycles. The number of pyridine rings is 1. The SMILES string of the molecule is Cc1cc(CN2CN(Cc3ccco3)C(=O)c3c(O)c(=O)c(C(=O)O)cn32)no1. The Morgan fingerprint density at radius 2 is 2.10 bits per heavy atom. The van der Waals surface area contributed by atoms with Crippen LogP contribution >= 0.6 is 0 Å². The van der Waals surface area contributed by atoms with Crippen molar-refractivity contribution in [2.45, 2.75) is 20.0 Å². The first-order chi connectivity index (χ1) is 13.8. The molecule has 0 radical (unpaired) electrons. The number of aromatic hydroxyl groups is 1. The van der Waals surface area contributed by atoms with Gasteiger partial charge in [0.1, 0.15) is 29.4 Å². The summed E-state index contributed by atoms with van der Waals surface area (Å²) in [7, 11) is 0. The van der Waals surface area contributed by atoms with Gasteiger partial charge < -0.3 is 24.1 Å². The van der Waals surface area contributed by atoms with Crippen molar-refractivity contribution < 1.29 is 28.7 Å². The molecule has 4 heterocycles. The Labute approximate surface area is 162 Å². The first kappa shape index (κ1) is 18.3. The van der Waals surface area contributed by atoms with E-state index in [0.29, 0.717) is 17.2 Å². The van der Waals surface area contributed by atoms with Gasteiger partial charge in [0.2, 0.25) is 5.43 Å². The molecule has 0 unspecified atom stereocenters. The van der Waals surface area contributed by atoms with Gasteiger partial charge in [0.25, 0.3) is 5.91 Å². The molecule has 0 aliphatic carbocycles. The molecule has 4 rings (SSSR count). The molecule has 11 nitrogen and oxygen atoms in total. The van der Waals surface area contributed by atoms with Crippen molar-refractivity contribution in [3.63, 3.8) is 0 Å². The first-order valence-electron chi connectivity index (χ1n) is 8.56. The van der Waals surface area contributed by atoms with Gasteiger partial charge in [-0.25, -0.2) is 4.79 Å². The Morgan fingerprint density at radius 3 is 2.72 bits per heavy atom. The molecule has 0 atom stereocenters. The van der Waals surface area contributed by atoms with Gasteiger partial charge in [-0.15, -0.1) is 0 Å². The molecule has 2 N–H and O–H groups in total. The van der Waals surface area contributed by atoms with Crippen LogP contribution in [0, 0.1) is 6.92 Å². The standard InChI is InChI=1S/C18H16N4O7/c1-10-5-11(19-29-10)6-21-9-20(7-12-3-2-4-28-12)17(25)14-16(24)15(23)13(18(26)27)8-22(14)21/h2-5,8,24H,6-7,9H2,1H3,(H,26,27). The second kappa shape index (κ2) is 6.86. The summed E-state index contributed by atoms with van der Waals surface area (Å²) in [6.45, 7) is 1.97. The van der Waals surface area contributed by atoms with E-state index >= 15 is 0 Å². The van der Waals surface area contributed by atoms with Gasteiger partial charge >= 0.3 is 5.97 Å². The maximum absolute atomic E-state index is 13.0. The van der Waals surface area contributed by atoms with Crippen LogP contribution in [0.5, 0.6) is 5.75 Å². The van der Waals surface area contributed by atoms with E-state index in [-0.39, 0.29) is 25.5 Å². The molecule has 0 aromatic carbocycles.